The number of benzene rings is 2. The van der Waals surface area contributed by atoms with Crippen molar-refractivity contribution in [3.63, 3.8) is 0 Å². The van der Waals surface area contributed by atoms with E-state index in [0.29, 0.717) is 35.2 Å². The second kappa shape index (κ2) is 8.37. The van der Waals surface area contributed by atoms with Crippen molar-refractivity contribution in [3.05, 3.63) is 65.4 Å². The van der Waals surface area contributed by atoms with Crippen LogP contribution in [0.25, 0.3) is 11.0 Å². The van der Waals surface area contributed by atoms with Crippen LogP contribution in [0.1, 0.15) is 35.5 Å². The predicted molar refractivity (Wildman–Crippen MR) is 105 cm³/mol. The molecule has 1 unspecified atom stereocenters. The molecule has 5 heteroatoms. The number of fused-ring (bicyclic) bond motifs is 1. The smallest absolute Gasteiger partial charge is 0.228 e. The molecule has 1 aromatic heterocycles. The molecule has 3 aromatic rings. The monoisotopic (exact) mass is 367 g/mol. The number of carbonyl (C=O) groups excluding carboxylic acids is 1. The van der Waals surface area contributed by atoms with Gasteiger partial charge in [0.2, 0.25) is 5.78 Å². The first-order valence-electron chi connectivity index (χ1n) is 9.13. The molecular weight excluding hydrogens is 342 g/mol. The molecule has 5 nitrogen and oxygen atoms in total. The van der Waals surface area contributed by atoms with Gasteiger partial charge in [0, 0.05) is 29.1 Å². The highest BCUT2D eigenvalue weighted by atomic mass is 16.5. The molecular formula is C22H25NO4. The maximum absolute atomic E-state index is 12.7. The summed E-state index contributed by atoms with van der Waals surface area (Å²) in [4.78, 5) is 12.7. The molecule has 0 fully saturated rings. The number of ether oxygens (including phenoxy) is 1. The van der Waals surface area contributed by atoms with Crippen LogP contribution >= 0.6 is 0 Å². The average Bonchev–Trinajstić information content (AvgIpc) is 3.01. The Labute approximate surface area is 159 Å². The van der Waals surface area contributed by atoms with Gasteiger partial charge in [0.25, 0.3) is 0 Å². The van der Waals surface area contributed by atoms with E-state index in [1.165, 1.54) is 0 Å². The molecule has 2 aromatic carbocycles. The van der Waals surface area contributed by atoms with Gasteiger partial charge in [0.05, 0.1) is 0 Å². The van der Waals surface area contributed by atoms with Crippen LogP contribution < -0.4 is 10.1 Å². The van der Waals surface area contributed by atoms with Crippen molar-refractivity contribution in [1.29, 1.82) is 0 Å². The number of hydrogen-bond acceptors (Lipinski definition) is 5. The van der Waals surface area contributed by atoms with Crippen LogP contribution in [0.3, 0.4) is 0 Å². The van der Waals surface area contributed by atoms with Crippen molar-refractivity contribution in [2.75, 3.05) is 13.2 Å². The van der Waals surface area contributed by atoms with Crippen LogP contribution in [0.15, 0.2) is 52.9 Å². The number of aryl methyl sites for hydroxylation is 1. The summed E-state index contributed by atoms with van der Waals surface area (Å²) in [5.41, 5.74) is 2.02. The molecule has 142 valence electrons. The van der Waals surface area contributed by atoms with Crippen LogP contribution in [0.4, 0.5) is 0 Å². The Bertz CT molecular complexity index is 915. The van der Waals surface area contributed by atoms with Gasteiger partial charge in [-0.15, -0.1) is 0 Å². The minimum absolute atomic E-state index is 0.137. The number of aliphatic hydroxyl groups is 1. The van der Waals surface area contributed by atoms with Gasteiger partial charge in [-0.1, -0.05) is 44.2 Å². The maximum atomic E-state index is 12.7. The molecule has 2 N–H and O–H groups in total. The first-order valence-corrected chi connectivity index (χ1v) is 9.13. The summed E-state index contributed by atoms with van der Waals surface area (Å²) in [6.45, 7) is 6.58. The Morgan fingerprint density at radius 2 is 1.93 bits per heavy atom. The van der Waals surface area contributed by atoms with Crippen LogP contribution in [0.2, 0.25) is 0 Å². The molecule has 1 heterocycles. The van der Waals surface area contributed by atoms with Gasteiger partial charge in [-0.25, -0.2) is 0 Å². The van der Waals surface area contributed by atoms with Crippen LogP contribution in [-0.2, 0) is 0 Å². The summed E-state index contributed by atoms with van der Waals surface area (Å²) in [6, 6.07) is 14.8. The standard InChI is InChI=1S/C22H25NO4/c1-14(2)23-12-17(24)13-26-18-9-10-20-19(11-18)15(3)22(27-20)21(25)16-7-5-4-6-8-16/h4-11,14,17,23-24H,12-13H2,1-3H3. The summed E-state index contributed by atoms with van der Waals surface area (Å²) in [5, 5.41) is 14.0. The summed E-state index contributed by atoms with van der Waals surface area (Å²) in [7, 11) is 0. The number of aliphatic hydroxyl groups excluding tert-OH is 1. The van der Waals surface area contributed by atoms with Crippen molar-refractivity contribution in [3.8, 4) is 5.75 Å². The van der Waals surface area contributed by atoms with E-state index in [2.05, 4.69) is 5.32 Å². The zero-order valence-electron chi connectivity index (χ0n) is 15.9. The number of rotatable bonds is 8. The van der Waals surface area contributed by atoms with Crippen molar-refractivity contribution in [2.24, 2.45) is 0 Å². The lowest BCUT2D eigenvalue weighted by molar-refractivity contribution is 0.101. The Kier molecular flexibility index (Phi) is 5.94. The van der Waals surface area contributed by atoms with E-state index in [1.807, 2.05) is 45.0 Å². The molecule has 0 amide bonds. The second-order valence-corrected chi connectivity index (χ2v) is 6.94. The molecule has 0 bridgehead atoms. The molecule has 0 aliphatic rings. The maximum Gasteiger partial charge on any atom is 0.228 e. The number of nitrogens with one attached hydrogen (secondary N) is 1. The molecule has 3 rings (SSSR count). The molecule has 0 aliphatic heterocycles. The van der Waals surface area contributed by atoms with Gasteiger partial charge in [-0.3, -0.25) is 4.79 Å². The first-order chi connectivity index (χ1) is 13.0. The Morgan fingerprint density at radius 3 is 2.63 bits per heavy atom. The number of carbonyl (C=O) groups is 1. The van der Waals surface area contributed by atoms with E-state index in [4.69, 9.17) is 9.15 Å². The molecule has 1 atom stereocenters. The highest BCUT2D eigenvalue weighted by molar-refractivity contribution is 6.10. The van der Waals surface area contributed by atoms with E-state index in [-0.39, 0.29) is 12.4 Å². The van der Waals surface area contributed by atoms with Crippen LogP contribution in [0.5, 0.6) is 5.75 Å². The summed E-state index contributed by atoms with van der Waals surface area (Å²) >= 11 is 0. The van der Waals surface area contributed by atoms with Gasteiger partial charge >= 0.3 is 0 Å². The highest BCUT2D eigenvalue weighted by Crippen LogP contribution is 2.30. The molecule has 0 saturated heterocycles. The van der Waals surface area contributed by atoms with E-state index < -0.39 is 6.10 Å². The summed E-state index contributed by atoms with van der Waals surface area (Å²) < 4.78 is 11.5. The molecule has 0 aliphatic carbocycles. The fourth-order valence-corrected chi connectivity index (χ4v) is 2.85. The summed E-state index contributed by atoms with van der Waals surface area (Å²) in [5.74, 6) is 0.838. The fraction of sp³-hybridized carbons (Fsp3) is 0.318. The van der Waals surface area contributed by atoms with Gasteiger partial charge in [0.1, 0.15) is 24.0 Å². The lowest BCUT2D eigenvalue weighted by Crippen LogP contribution is -2.35. The van der Waals surface area contributed by atoms with Crippen molar-refractivity contribution >= 4 is 16.8 Å². The van der Waals surface area contributed by atoms with E-state index in [9.17, 15) is 9.90 Å². The Balaban J connectivity index is 1.76. The molecule has 0 saturated carbocycles. The second-order valence-electron chi connectivity index (χ2n) is 6.94. The normalized spacial score (nSPS) is 12.5. The SMILES string of the molecule is Cc1c(C(=O)c2ccccc2)oc2ccc(OCC(O)CNC(C)C)cc12. The molecule has 0 spiro atoms. The lowest BCUT2D eigenvalue weighted by atomic mass is 10.0. The highest BCUT2D eigenvalue weighted by Gasteiger charge is 2.19. The Hall–Kier alpha value is -2.63. The molecule has 27 heavy (non-hydrogen) atoms. The largest absolute Gasteiger partial charge is 0.491 e. The third-order valence-corrected chi connectivity index (χ3v) is 4.35. The van der Waals surface area contributed by atoms with Crippen molar-refractivity contribution in [2.45, 2.75) is 32.9 Å². The number of hydrogen-bond donors (Lipinski definition) is 2. The zero-order valence-corrected chi connectivity index (χ0v) is 15.9. The van der Waals surface area contributed by atoms with E-state index in [1.54, 1.807) is 24.3 Å². The average molecular weight is 367 g/mol. The van der Waals surface area contributed by atoms with E-state index >= 15 is 0 Å². The first kappa shape index (κ1) is 19.1. The van der Waals surface area contributed by atoms with Crippen molar-refractivity contribution in [1.82, 2.24) is 5.32 Å². The minimum atomic E-state index is -0.594. The van der Waals surface area contributed by atoms with Crippen LogP contribution in [0, 0.1) is 6.92 Å². The van der Waals surface area contributed by atoms with Crippen LogP contribution in [-0.4, -0.2) is 36.2 Å². The Morgan fingerprint density at radius 1 is 1.19 bits per heavy atom. The topological polar surface area (TPSA) is 71.7 Å². The predicted octanol–water partition coefficient (Wildman–Crippen LogP) is 3.71. The minimum Gasteiger partial charge on any atom is -0.491 e. The number of ketones is 1. The number of furan rings is 1. The van der Waals surface area contributed by atoms with Gasteiger partial charge in [-0.2, -0.15) is 0 Å². The zero-order chi connectivity index (χ0) is 19.4. The summed E-state index contributed by atoms with van der Waals surface area (Å²) in [6.07, 6.45) is -0.594. The van der Waals surface area contributed by atoms with Crippen molar-refractivity contribution < 1.29 is 19.1 Å². The van der Waals surface area contributed by atoms with Gasteiger partial charge in [-0.05, 0) is 25.1 Å². The fourth-order valence-electron chi connectivity index (χ4n) is 2.85. The quantitative estimate of drug-likeness (QED) is 0.594. The van der Waals surface area contributed by atoms with Gasteiger partial charge < -0.3 is 19.6 Å². The molecule has 0 radical (unpaired) electrons. The van der Waals surface area contributed by atoms with E-state index in [0.717, 1.165) is 10.9 Å². The lowest BCUT2D eigenvalue weighted by Gasteiger charge is -2.15. The van der Waals surface area contributed by atoms with Gasteiger partial charge in [0.15, 0.2) is 5.76 Å². The third kappa shape index (κ3) is 4.56. The third-order valence-electron chi connectivity index (χ3n) is 4.35.